The Morgan fingerprint density at radius 3 is 2.48 bits per heavy atom. The number of hydrogen-bond acceptors (Lipinski definition) is 4. The molecular weight excluding hydrogens is 288 g/mol. The van der Waals surface area contributed by atoms with E-state index in [0.717, 1.165) is 12.2 Å². The van der Waals surface area contributed by atoms with Gasteiger partial charge in [0, 0.05) is 19.3 Å². The Hall–Kier alpha value is -1.85. The van der Waals surface area contributed by atoms with E-state index in [2.05, 4.69) is 43.3 Å². The number of aliphatic hydroxyl groups is 1. The molecule has 1 aromatic carbocycles. The van der Waals surface area contributed by atoms with Gasteiger partial charge in [-0.15, -0.1) is 0 Å². The first-order valence-corrected chi connectivity index (χ1v) is 8.01. The van der Waals surface area contributed by atoms with Crippen LogP contribution in [0.5, 0.6) is 0 Å². The Balaban J connectivity index is 1.95. The predicted molar refractivity (Wildman–Crippen MR) is 94.8 cm³/mol. The number of aryl methyl sites for hydroxylation is 3. The Morgan fingerprint density at radius 1 is 1.22 bits per heavy atom. The molecule has 0 saturated heterocycles. The summed E-state index contributed by atoms with van der Waals surface area (Å²) in [7, 11) is 3.90. The Labute approximate surface area is 138 Å². The first kappa shape index (κ1) is 17.5. The van der Waals surface area contributed by atoms with E-state index in [4.69, 9.17) is 0 Å². The maximum atomic E-state index is 9.97. The number of nitrogens with one attached hydrogen (secondary N) is 1. The second kappa shape index (κ2) is 7.62. The van der Waals surface area contributed by atoms with Gasteiger partial charge in [0.2, 0.25) is 0 Å². The monoisotopic (exact) mass is 316 g/mol. The maximum Gasteiger partial charge on any atom is 0.0862 e. The lowest BCUT2D eigenvalue weighted by Gasteiger charge is -2.15. The highest BCUT2D eigenvalue weighted by molar-refractivity contribution is 5.43. The predicted octanol–water partition coefficient (Wildman–Crippen LogP) is 2.34. The number of rotatable bonds is 7. The van der Waals surface area contributed by atoms with Crippen molar-refractivity contribution >= 4 is 5.69 Å². The fraction of sp³-hybridized carbons (Fsp3) is 0.500. The molecule has 0 radical (unpaired) electrons. The van der Waals surface area contributed by atoms with Crippen molar-refractivity contribution in [3.05, 3.63) is 46.8 Å². The standard InChI is InChI=1S/C18H28N4O/c1-13-6-14(2)18(15(3)7-13)9-19-16-8-20-22(10-16)12-17(23)11-21(4)5/h6-8,10,17,19,23H,9,11-12H2,1-5H3. The van der Waals surface area contributed by atoms with Crippen LogP contribution in [0.2, 0.25) is 0 Å². The van der Waals surface area contributed by atoms with E-state index in [-0.39, 0.29) is 0 Å². The molecule has 126 valence electrons. The van der Waals surface area contributed by atoms with Gasteiger partial charge in [0.1, 0.15) is 0 Å². The molecule has 5 heteroatoms. The Bertz CT molecular complexity index is 625. The normalized spacial score (nSPS) is 12.7. The highest BCUT2D eigenvalue weighted by Gasteiger charge is 2.08. The summed E-state index contributed by atoms with van der Waals surface area (Å²) >= 11 is 0. The largest absolute Gasteiger partial charge is 0.390 e. The third-order valence-electron chi connectivity index (χ3n) is 3.92. The number of aromatic nitrogens is 2. The molecule has 0 fully saturated rings. The van der Waals surface area contributed by atoms with Gasteiger partial charge >= 0.3 is 0 Å². The van der Waals surface area contributed by atoms with Gasteiger partial charge in [0.25, 0.3) is 0 Å². The van der Waals surface area contributed by atoms with E-state index < -0.39 is 6.10 Å². The number of likely N-dealkylation sites (N-methyl/N-ethyl adjacent to an activating group) is 1. The molecular formula is C18H28N4O. The van der Waals surface area contributed by atoms with Crippen LogP contribution in [0.25, 0.3) is 0 Å². The lowest BCUT2D eigenvalue weighted by atomic mass is 10.00. The summed E-state index contributed by atoms with van der Waals surface area (Å²) in [5, 5.41) is 17.7. The zero-order valence-corrected chi connectivity index (χ0v) is 14.8. The zero-order chi connectivity index (χ0) is 17.0. The van der Waals surface area contributed by atoms with Crippen molar-refractivity contribution in [3.63, 3.8) is 0 Å². The quantitative estimate of drug-likeness (QED) is 0.823. The molecule has 0 aliphatic carbocycles. The summed E-state index contributed by atoms with van der Waals surface area (Å²) in [6, 6.07) is 4.43. The maximum absolute atomic E-state index is 9.97. The molecule has 23 heavy (non-hydrogen) atoms. The Kier molecular flexibility index (Phi) is 5.80. The second-order valence-corrected chi connectivity index (χ2v) is 6.60. The summed E-state index contributed by atoms with van der Waals surface area (Å²) in [4.78, 5) is 1.97. The van der Waals surface area contributed by atoms with Crippen molar-refractivity contribution in [2.24, 2.45) is 0 Å². The number of nitrogens with zero attached hydrogens (tertiary/aromatic N) is 3. The molecule has 1 atom stereocenters. The van der Waals surface area contributed by atoms with Crippen LogP contribution < -0.4 is 5.32 Å². The average molecular weight is 316 g/mol. The lowest BCUT2D eigenvalue weighted by Crippen LogP contribution is -2.29. The van der Waals surface area contributed by atoms with Gasteiger partial charge in [0.05, 0.1) is 24.5 Å². The van der Waals surface area contributed by atoms with Crippen molar-refractivity contribution < 1.29 is 5.11 Å². The van der Waals surface area contributed by atoms with Gasteiger partial charge < -0.3 is 15.3 Å². The van der Waals surface area contributed by atoms with E-state index in [1.165, 1.54) is 22.3 Å². The third-order valence-corrected chi connectivity index (χ3v) is 3.92. The summed E-state index contributed by atoms with van der Waals surface area (Å²) in [6.07, 6.45) is 3.33. The SMILES string of the molecule is Cc1cc(C)c(CNc2cnn(CC(O)CN(C)C)c2)c(C)c1. The van der Waals surface area contributed by atoms with Crippen LogP contribution in [0.4, 0.5) is 5.69 Å². The molecule has 1 aromatic heterocycles. The fourth-order valence-electron chi connectivity index (χ4n) is 2.93. The molecule has 0 aliphatic heterocycles. The Morgan fingerprint density at radius 2 is 1.87 bits per heavy atom. The highest BCUT2D eigenvalue weighted by Crippen LogP contribution is 2.18. The fourth-order valence-corrected chi connectivity index (χ4v) is 2.93. The summed E-state index contributed by atoms with van der Waals surface area (Å²) in [5.41, 5.74) is 6.22. The van der Waals surface area contributed by atoms with E-state index in [0.29, 0.717) is 13.1 Å². The highest BCUT2D eigenvalue weighted by atomic mass is 16.3. The van der Waals surface area contributed by atoms with E-state index in [9.17, 15) is 5.11 Å². The van der Waals surface area contributed by atoms with Crippen molar-refractivity contribution in [2.75, 3.05) is 26.0 Å². The molecule has 0 spiro atoms. The summed E-state index contributed by atoms with van der Waals surface area (Å²) < 4.78 is 1.78. The van der Waals surface area contributed by atoms with Crippen molar-refractivity contribution in [2.45, 2.75) is 40.0 Å². The van der Waals surface area contributed by atoms with Crippen LogP contribution in [0, 0.1) is 20.8 Å². The van der Waals surface area contributed by atoms with Crippen LogP contribution in [0.1, 0.15) is 22.3 Å². The van der Waals surface area contributed by atoms with Crippen LogP contribution in [0.3, 0.4) is 0 Å². The van der Waals surface area contributed by atoms with Crippen LogP contribution in [-0.2, 0) is 13.1 Å². The minimum absolute atomic E-state index is 0.417. The first-order chi connectivity index (χ1) is 10.8. The molecule has 1 unspecified atom stereocenters. The van der Waals surface area contributed by atoms with Crippen molar-refractivity contribution in [1.29, 1.82) is 0 Å². The summed E-state index contributed by atoms with van der Waals surface area (Å²) in [5.74, 6) is 0. The molecule has 0 saturated carbocycles. The number of benzene rings is 1. The van der Waals surface area contributed by atoms with Crippen LogP contribution in [-0.4, -0.2) is 46.5 Å². The smallest absolute Gasteiger partial charge is 0.0862 e. The topological polar surface area (TPSA) is 53.3 Å². The molecule has 1 heterocycles. The van der Waals surface area contributed by atoms with E-state index in [1.54, 1.807) is 10.9 Å². The van der Waals surface area contributed by atoms with E-state index in [1.807, 2.05) is 25.2 Å². The van der Waals surface area contributed by atoms with Gasteiger partial charge in [-0.25, -0.2) is 0 Å². The number of anilines is 1. The zero-order valence-electron chi connectivity index (χ0n) is 14.8. The molecule has 0 amide bonds. The molecule has 2 aromatic rings. The molecule has 2 N–H and O–H groups in total. The third kappa shape index (κ3) is 5.08. The number of hydrogen-bond donors (Lipinski definition) is 2. The first-order valence-electron chi connectivity index (χ1n) is 8.01. The minimum Gasteiger partial charge on any atom is -0.390 e. The molecule has 0 bridgehead atoms. The molecule has 2 rings (SSSR count). The van der Waals surface area contributed by atoms with Crippen molar-refractivity contribution in [1.82, 2.24) is 14.7 Å². The van der Waals surface area contributed by atoms with E-state index >= 15 is 0 Å². The van der Waals surface area contributed by atoms with Gasteiger partial charge in [-0.05, 0) is 51.6 Å². The van der Waals surface area contributed by atoms with Gasteiger partial charge in [-0.1, -0.05) is 17.7 Å². The van der Waals surface area contributed by atoms with Gasteiger partial charge in [0.15, 0.2) is 0 Å². The van der Waals surface area contributed by atoms with Gasteiger partial charge in [-0.3, -0.25) is 4.68 Å². The van der Waals surface area contributed by atoms with Crippen LogP contribution >= 0.6 is 0 Å². The van der Waals surface area contributed by atoms with Crippen molar-refractivity contribution in [3.8, 4) is 0 Å². The minimum atomic E-state index is -0.417. The number of aliphatic hydroxyl groups excluding tert-OH is 1. The van der Waals surface area contributed by atoms with Gasteiger partial charge in [-0.2, -0.15) is 5.10 Å². The average Bonchev–Trinajstić information content (AvgIpc) is 2.83. The molecule has 5 nitrogen and oxygen atoms in total. The molecule has 0 aliphatic rings. The summed E-state index contributed by atoms with van der Waals surface area (Å²) in [6.45, 7) is 8.34. The lowest BCUT2D eigenvalue weighted by molar-refractivity contribution is 0.116. The second-order valence-electron chi connectivity index (χ2n) is 6.60. The van der Waals surface area contributed by atoms with Crippen LogP contribution in [0.15, 0.2) is 24.5 Å².